The molecule has 0 bridgehead atoms. The number of para-hydroxylation sites is 4. The second-order valence-electron chi connectivity index (χ2n) is 12.4. The summed E-state index contributed by atoms with van der Waals surface area (Å²) in [7, 11) is 0. The molecule has 10 aromatic rings. The van der Waals surface area contributed by atoms with Crippen molar-refractivity contribution in [3.63, 3.8) is 0 Å². The third-order valence-corrected chi connectivity index (χ3v) is 9.55. The van der Waals surface area contributed by atoms with E-state index in [4.69, 9.17) is 10.2 Å². The molecule has 0 aliphatic carbocycles. The molecule has 5 heteroatoms. The maximum absolute atomic E-state index is 4.82. The first kappa shape index (κ1) is 27.4. The van der Waals surface area contributed by atoms with Crippen molar-refractivity contribution in [2.24, 2.45) is 0 Å². The number of rotatable bonds is 5. The van der Waals surface area contributed by atoms with Crippen LogP contribution < -0.4 is 0 Å². The van der Waals surface area contributed by atoms with Crippen LogP contribution in [0.2, 0.25) is 0 Å². The van der Waals surface area contributed by atoms with Crippen LogP contribution in [0.1, 0.15) is 0 Å². The first-order valence-electron chi connectivity index (χ1n) is 16.5. The molecule has 7 aromatic carbocycles. The highest BCUT2D eigenvalue weighted by Gasteiger charge is 2.21. The Balaban J connectivity index is 1.35. The fraction of sp³-hybridized carbons (Fsp3) is 0. The molecular weight excluding hydrogens is 599 g/mol. The molecule has 0 radical (unpaired) electrons. The average molecular weight is 628 g/mol. The van der Waals surface area contributed by atoms with Gasteiger partial charge in [-0.05, 0) is 42.5 Å². The summed E-state index contributed by atoms with van der Waals surface area (Å²) in [4.78, 5) is 0. The Morgan fingerprint density at radius 1 is 0.286 bits per heavy atom. The summed E-state index contributed by atoms with van der Waals surface area (Å²) in [5, 5.41) is 14.5. The first-order valence-corrected chi connectivity index (χ1v) is 16.5. The van der Waals surface area contributed by atoms with Crippen molar-refractivity contribution in [3.05, 3.63) is 176 Å². The lowest BCUT2D eigenvalue weighted by atomic mass is 10.1. The van der Waals surface area contributed by atoms with Crippen molar-refractivity contribution in [2.45, 2.75) is 0 Å². The largest absolute Gasteiger partial charge is 0.309 e. The zero-order valence-corrected chi connectivity index (χ0v) is 26.5. The van der Waals surface area contributed by atoms with E-state index >= 15 is 0 Å². The lowest BCUT2D eigenvalue weighted by molar-refractivity contribution is 1.05. The Hall–Kier alpha value is -6.72. The van der Waals surface area contributed by atoms with Crippen molar-refractivity contribution in [2.75, 3.05) is 0 Å². The number of nitrogens with zero attached hydrogens (tertiary/aromatic N) is 5. The summed E-state index contributed by atoms with van der Waals surface area (Å²) in [6, 6.07) is 62.2. The van der Waals surface area contributed by atoms with Crippen LogP contribution in [0.3, 0.4) is 0 Å². The van der Waals surface area contributed by atoms with Crippen LogP contribution in [0, 0.1) is 0 Å². The first-order chi connectivity index (χ1) is 24.3. The third kappa shape index (κ3) is 4.26. The Labute approximate surface area is 282 Å². The van der Waals surface area contributed by atoms with E-state index in [2.05, 4.69) is 177 Å². The lowest BCUT2D eigenvalue weighted by Crippen LogP contribution is -2.05. The van der Waals surface area contributed by atoms with E-state index in [0.717, 1.165) is 61.9 Å². The van der Waals surface area contributed by atoms with Gasteiger partial charge in [0.05, 0.1) is 39.1 Å². The van der Waals surface area contributed by atoms with Gasteiger partial charge in [0.15, 0.2) is 11.6 Å². The van der Waals surface area contributed by atoms with Crippen molar-refractivity contribution in [1.29, 1.82) is 0 Å². The van der Waals surface area contributed by atoms with Gasteiger partial charge in [-0.2, -0.15) is 0 Å². The van der Waals surface area contributed by atoms with Crippen LogP contribution in [-0.2, 0) is 0 Å². The number of hydrogen-bond donors (Lipinski definition) is 0. The van der Waals surface area contributed by atoms with Gasteiger partial charge in [-0.1, -0.05) is 133 Å². The molecule has 0 atom stereocenters. The van der Waals surface area contributed by atoms with E-state index in [1.165, 1.54) is 21.5 Å². The third-order valence-electron chi connectivity index (χ3n) is 9.55. The summed E-state index contributed by atoms with van der Waals surface area (Å²) >= 11 is 0. The summed E-state index contributed by atoms with van der Waals surface area (Å²) in [5.74, 6) is 1.57. The van der Waals surface area contributed by atoms with Crippen LogP contribution >= 0.6 is 0 Å². The minimum atomic E-state index is 0.784. The van der Waals surface area contributed by atoms with Gasteiger partial charge in [-0.25, -0.2) is 0 Å². The zero-order valence-electron chi connectivity index (χ0n) is 26.5. The van der Waals surface area contributed by atoms with Crippen LogP contribution in [0.25, 0.3) is 83.4 Å². The fourth-order valence-electron chi connectivity index (χ4n) is 7.45. The number of aromatic nitrogens is 5. The number of benzene rings is 7. The Kier molecular flexibility index (Phi) is 6.11. The van der Waals surface area contributed by atoms with E-state index in [-0.39, 0.29) is 0 Å². The van der Waals surface area contributed by atoms with Gasteiger partial charge in [-0.15, -0.1) is 10.2 Å². The predicted octanol–water partition coefficient (Wildman–Crippen LogP) is 10.8. The molecule has 230 valence electrons. The molecule has 0 spiro atoms. The van der Waals surface area contributed by atoms with Gasteiger partial charge in [-0.3, -0.25) is 4.57 Å². The predicted molar refractivity (Wildman–Crippen MR) is 201 cm³/mol. The SMILES string of the molecule is c1ccc(-c2nnc(-c3ccccc3)n2-c2cc(-n3c4ccccc4c4ccccc43)cc(-n3c4ccccc4c4ccccc43)c2)cc1. The monoisotopic (exact) mass is 627 g/mol. The molecule has 0 saturated carbocycles. The molecule has 0 fully saturated rings. The average Bonchev–Trinajstić information content (AvgIpc) is 3.86. The van der Waals surface area contributed by atoms with Crippen LogP contribution in [-0.4, -0.2) is 23.9 Å². The van der Waals surface area contributed by atoms with Gasteiger partial charge < -0.3 is 9.13 Å². The van der Waals surface area contributed by atoms with Gasteiger partial charge in [0.2, 0.25) is 0 Å². The standard InChI is InChI=1S/C44H29N5/c1-3-15-30(16-4-1)43-45-46-44(31-17-5-2-6-18-31)49(43)34-28-32(47-39-23-11-7-19-35(39)36-20-8-12-24-40(36)47)27-33(29-34)48-41-25-13-9-21-37(41)38-22-10-14-26-42(38)48/h1-29H. The molecule has 0 amide bonds. The Morgan fingerprint density at radius 2 is 0.571 bits per heavy atom. The van der Waals surface area contributed by atoms with Crippen molar-refractivity contribution in [3.8, 4) is 39.8 Å². The summed E-state index contributed by atoms with van der Waals surface area (Å²) < 4.78 is 6.99. The van der Waals surface area contributed by atoms with Gasteiger partial charge in [0.1, 0.15) is 0 Å². The zero-order chi connectivity index (χ0) is 32.3. The van der Waals surface area contributed by atoms with Crippen molar-refractivity contribution < 1.29 is 0 Å². The second-order valence-corrected chi connectivity index (χ2v) is 12.4. The molecule has 3 aromatic heterocycles. The Bertz CT molecular complexity index is 2530. The van der Waals surface area contributed by atoms with E-state index in [1.807, 2.05) is 12.1 Å². The fourth-order valence-corrected chi connectivity index (χ4v) is 7.45. The topological polar surface area (TPSA) is 40.6 Å². The van der Waals surface area contributed by atoms with Crippen LogP contribution in [0.4, 0.5) is 0 Å². The van der Waals surface area contributed by atoms with E-state index in [1.54, 1.807) is 0 Å². The highest BCUT2D eigenvalue weighted by Crippen LogP contribution is 2.38. The number of hydrogen-bond acceptors (Lipinski definition) is 2. The summed E-state index contributed by atoms with van der Waals surface area (Å²) in [6.07, 6.45) is 0. The highest BCUT2D eigenvalue weighted by atomic mass is 15.3. The van der Waals surface area contributed by atoms with E-state index in [0.29, 0.717) is 0 Å². The maximum Gasteiger partial charge on any atom is 0.168 e. The molecule has 0 N–H and O–H groups in total. The molecule has 49 heavy (non-hydrogen) atoms. The normalized spacial score (nSPS) is 11.7. The molecule has 0 saturated heterocycles. The molecule has 3 heterocycles. The minimum Gasteiger partial charge on any atom is -0.309 e. The Morgan fingerprint density at radius 3 is 0.918 bits per heavy atom. The number of fused-ring (bicyclic) bond motifs is 6. The molecule has 0 aliphatic rings. The minimum absolute atomic E-state index is 0.784. The second kappa shape index (κ2) is 10.9. The smallest absolute Gasteiger partial charge is 0.168 e. The van der Waals surface area contributed by atoms with Gasteiger partial charge in [0.25, 0.3) is 0 Å². The van der Waals surface area contributed by atoms with Crippen molar-refractivity contribution >= 4 is 43.6 Å². The molecule has 0 aliphatic heterocycles. The molecular formula is C44H29N5. The maximum atomic E-state index is 4.82. The molecule has 0 unspecified atom stereocenters. The molecule has 5 nitrogen and oxygen atoms in total. The van der Waals surface area contributed by atoms with Crippen LogP contribution in [0.5, 0.6) is 0 Å². The van der Waals surface area contributed by atoms with Crippen molar-refractivity contribution in [1.82, 2.24) is 23.9 Å². The van der Waals surface area contributed by atoms with E-state index in [9.17, 15) is 0 Å². The van der Waals surface area contributed by atoms with Crippen LogP contribution in [0.15, 0.2) is 176 Å². The van der Waals surface area contributed by atoms with E-state index < -0.39 is 0 Å². The highest BCUT2D eigenvalue weighted by molar-refractivity contribution is 6.10. The lowest BCUT2D eigenvalue weighted by Gasteiger charge is -2.18. The van der Waals surface area contributed by atoms with Gasteiger partial charge >= 0.3 is 0 Å². The quantitative estimate of drug-likeness (QED) is 0.190. The van der Waals surface area contributed by atoms with Gasteiger partial charge in [0, 0.05) is 32.7 Å². The molecule has 10 rings (SSSR count). The summed E-state index contributed by atoms with van der Waals surface area (Å²) in [6.45, 7) is 0. The summed E-state index contributed by atoms with van der Waals surface area (Å²) in [5.41, 5.74) is 9.70.